The van der Waals surface area contributed by atoms with Crippen molar-refractivity contribution in [2.75, 3.05) is 18.0 Å². The van der Waals surface area contributed by atoms with E-state index in [-0.39, 0.29) is 11.8 Å². The maximum atomic E-state index is 12.2. The van der Waals surface area contributed by atoms with Crippen LogP contribution in [0, 0.1) is 6.92 Å². The van der Waals surface area contributed by atoms with Crippen molar-refractivity contribution in [1.29, 1.82) is 0 Å². The largest absolute Gasteiger partial charge is 0.350 e. The Morgan fingerprint density at radius 3 is 2.52 bits per heavy atom. The molecule has 2 amide bonds. The highest BCUT2D eigenvalue weighted by Gasteiger charge is 2.13. The van der Waals surface area contributed by atoms with E-state index in [1.54, 1.807) is 29.2 Å². The summed E-state index contributed by atoms with van der Waals surface area (Å²) in [7, 11) is 0. The molecule has 0 saturated carbocycles. The Balaban J connectivity index is 1.99. The van der Waals surface area contributed by atoms with Gasteiger partial charge in [0.25, 0.3) is 5.91 Å². The second-order valence-corrected chi connectivity index (χ2v) is 5.66. The summed E-state index contributed by atoms with van der Waals surface area (Å²) in [5, 5.41) is 3.41. The molecule has 0 fully saturated rings. The van der Waals surface area contributed by atoms with Gasteiger partial charge in [0.05, 0.1) is 0 Å². The summed E-state index contributed by atoms with van der Waals surface area (Å²) >= 11 is 5.97. The number of hydrogen-bond donors (Lipinski definition) is 1. The maximum Gasteiger partial charge on any atom is 0.251 e. The van der Waals surface area contributed by atoms with Gasteiger partial charge in [0.15, 0.2) is 0 Å². The molecule has 1 N–H and O–H groups in total. The van der Waals surface area contributed by atoms with Crippen LogP contribution in [0.2, 0.25) is 5.02 Å². The second-order valence-electron chi connectivity index (χ2n) is 5.22. The van der Waals surface area contributed by atoms with Gasteiger partial charge in [-0.1, -0.05) is 35.9 Å². The Bertz CT molecular complexity index is 716. The van der Waals surface area contributed by atoms with E-state index in [9.17, 15) is 9.59 Å². The van der Waals surface area contributed by atoms with Crippen molar-refractivity contribution in [2.45, 2.75) is 13.8 Å². The van der Waals surface area contributed by atoms with Crippen LogP contribution in [0.3, 0.4) is 0 Å². The van der Waals surface area contributed by atoms with Gasteiger partial charge in [-0.25, -0.2) is 0 Å². The summed E-state index contributed by atoms with van der Waals surface area (Å²) in [6.07, 6.45) is 0. The van der Waals surface area contributed by atoms with Gasteiger partial charge in [-0.2, -0.15) is 0 Å². The highest BCUT2D eigenvalue weighted by atomic mass is 35.5. The lowest BCUT2D eigenvalue weighted by Crippen LogP contribution is -2.37. The molecule has 5 heteroatoms. The molecule has 120 valence electrons. The standard InChI is InChI=1S/C18H19ClN2O2/c1-13-6-3-4-9-17(13)18(23)20-10-11-21(14(2)22)16-8-5-7-15(19)12-16/h3-9,12H,10-11H2,1-2H3,(H,20,23). The van der Waals surface area contributed by atoms with Crippen molar-refractivity contribution >= 4 is 29.1 Å². The van der Waals surface area contributed by atoms with E-state index in [0.717, 1.165) is 11.3 Å². The fourth-order valence-electron chi connectivity index (χ4n) is 2.32. The predicted molar refractivity (Wildman–Crippen MR) is 93.0 cm³/mol. The Morgan fingerprint density at radius 2 is 1.87 bits per heavy atom. The normalized spacial score (nSPS) is 10.2. The van der Waals surface area contributed by atoms with Crippen LogP contribution in [0.1, 0.15) is 22.8 Å². The van der Waals surface area contributed by atoms with Crippen molar-refractivity contribution in [2.24, 2.45) is 0 Å². The number of carbonyl (C=O) groups is 2. The van der Waals surface area contributed by atoms with Gasteiger partial charge in [-0.15, -0.1) is 0 Å². The van der Waals surface area contributed by atoms with E-state index in [1.165, 1.54) is 6.92 Å². The summed E-state index contributed by atoms with van der Waals surface area (Å²) in [6, 6.07) is 14.5. The summed E-state index contributed by atoms with van der Waals surface area (Å²) in [6.45, 7) is 4.12. The number of carbonyl (C=O) groups excluding carboxylic acids is 2. The molecule has 4 nitrogen and oxygen atoms in total. The summed E-state index contributed by atoms with van der Waals surface area (Å²) < 4.78 is 0. The van der Waals surface area contributed by atoms with E-state index in [0.29, 0.717) is 23.7 Å². The minimum Gasteiger partial charge on any atom is -0.350 e. The third-order valence-electron chi connectivity index (χ3n) is 3.51. The van der Waals surface area contributed by atoms with Gasteiger partial charge >= 0.3 is 0 Å². The highest BCUT2D eigenvalue weighted by molar-refractivity contribution is 6.30. The monoisotopic (exact) mass is 330 g/mol. The number of anilines is 1. The molecule has 0 aliphatic carbocycles. The molecule has 0 spiro atoms. The van der Waals surface area contributed by atoms with Gasteiger partial charge in [0, 0.05) is 36.3 Å². The fourth-order valence-corrected chi connectivity index (χ4v) is 2.50. The SMILES string of the molecule is CC(=O)N(CCNC(=O)c1ccccc1C)c1cccc(Cl)c1. The predicted octanol–water partition coefficient (Wildman–Crippen LogP) is 3.43. The summed E-state index contributed by atoms with van der Waals surface area (Å²) in [5.74, 6) is -0.241. The van der Waals surface area contributed by atoms with E-state index in [1.807, 2.05) is 31.2 Å². The van der Waals surface area contributed by atoms with Crippen LogP contribution in [0.5, 0.6) is 0 Å². The van der Waals surface area contributed by atoms with E-state index in [2.05, 4.69) is 5.32 Å². The van der Waals surface area contributed by atoms with Crippen molar-refractivity contribution < 1.29 is 9.59 Å². The molecule has 0 aliphatic rings. The Kier molecular flexibility index (Phi) is 5.77. The molecule has 0 bridgehead atoms. The first kappa shape index (κ1) is 17.0. The van der Waals surface area contributed by atoms with Gasteiger partial charge < -0.3 is 10.2 Å². The first-order valence-corrected chi connectivity index (χ1v) is 7.74. The van der Waals surface area contributed by atoms with Gasteiger partial charge in [-0.3, -0.25) is 9.59 Å². The van der Waals surface area contributed by atoms with Crippen LogP contribution in [0.25, 0.3) is 0 Å². The zero-order valence-electron chi connectivity index (χ0n) is 13.2. The van der Waals surface area contributed by atoms with Crippen molar-refractivity contribution in [3.05, 3.63) is 64.7 Å². The van der Waals surface area contributed by atoms with Gasteiger partial charge in [0.1, 0.15) is 0 Å². The van der Waals surface area contributed by atoms with Crippen LogP contribution >= 0.6 is 11.6 Å². The Morgan fingerprint density at radius 1 is 1.13 bits per heavy atom. The molecule has 0 heterocycles. The number of rotatable bonds is 5. The van der Waals surface area contributed by atoms with Crippen molar-refractivity contribution in [3.8, 4) is 0 Å². The maximum absolute atomic E-state index is 12.2. The molecule has 2 aromatic carbocycles. The van der Waals surface area contributed by atoms with Crippen molar-refractivity contribution in [1.82, 2.24) is 5.32 Å². The van der Waals surface area contributed by atoms with Crippen molar-refractivity contribution in [3.63, 3.8) is 0 Å². The number of halogens is 1. The molecule has 2 rings (SSSR count). The molecule has 0 unspecified atom stereocenters. The van der Waals surface area contributed by atoms with Crippen LogP contribution in [0.15, 0.2) is 48.5 Å². The third kappa shape index (κ3) is 4.57. The molecule has 0 radical (unpaired) electrons. The topological polar surface area (TPSA) is 49.4 Å². The van der Waals surface area contributed by atoms with Crippen LogP contribution in [-0.2, 0) is 4.79 Å². The Labute approximate surface area is 141 Å². The second kappa shape index (κ2) is 7.79. The lowest BCUT2D eigenvalue weighted by molar-refractivity contribution is -0.116. The van der Waals surface area contributed by atoms with E-state index in [4.69, 9.17) is 11.6 Å². The molecule has 0 saturated heterocycles. The van der Waals surface area contributed by atoms with Crippen LogP contribution < -0.4 is 10.2 Å². The smallest absolute Gasteiger partial charge is 0.251 e. The molecule has 2 aromatic rings. The fraction of sp³-hybridized carbons (Fsp3) is 0.222. The molecular formula is C18H19ClN2O2. The summed E-state index contributed by atoms with van der Waals surface area (Å²) in [5.41, 5.74) is 2.28. The number of nitrogens with one attached hydrogen (secondary N) is 1. The molecule has 0 atom stereocenters. The summed E-state index contributed by atoms with van der Waals surface area (Å²) in [4.78, 5) is 25.6. The number of amides is 2. The van der Waals surface area contributed by atoms with E-state index >= 15 is 0 Å². The first-order chi connectivity index (χ1) is 11.0. The minimum absolute atomic E-state index is 0.0996. The molecule has 0 aliphatic heterocycles. The van der Waals surface area contributed by atoms with Crippen LogP contribution in [0.4, 0.5) is 5.69 Å². The van der Waals surface area contributed by atoms with Gasteiger partial charge in [-0.05, 0) is 36.8 Å². The highest BCUT2D eigenvalue weighted by Crippen LogP contribution is 2.19. The zero-order valence-corrected chi connectivity index (χ0v) is 13.9. The first-order valence-electron chi connectivity index (χ1n) is 7.36. The number of hydrogen-bond acceptors (Lipinski definition) is 2. The lowest BCUT2D eigenvalue weighted by atomic mass is 10.1. The average Bonchev–Trinajstić information content (AvgIpc) is 2.51. The number of benzene rings is 2. The third-order valence-corrected chi connectivity index (χ3v) is 3.75. The Hall–Kier alpha value is -2.33. The van der Waals surface area contributed by atoms with Gasteiger partial charge in [0.2, 0.25) is 5.91 Å². The van der Waals surface area contributed by atoms with E-state index < -0.39 is 0 Å². The van der Waals surface area contributed by atoms with Crippen LogP contribution in [-0.4, -0.2) is 24.9 Å². The average molecular weight is 331 g/mol. The number of nitrogens with zero attached hydrogens (tertiary/aromatic N) is 1. The minimum atomic E-state index is -0.141. The quantitative estimate of drug-likeness (QED) is 0.913. The molecular weight excluding hydrogens is 312 g/mol. The molecule has 23 heavy (non-hydrogen) atoms. The zero-order chi connectivity index (χ0) is 16.8. The lowest BCUT2D eigenvalue weighted by Gasteiger charge is -2.21. The number of aryl methyl sites for hydroxylation is 1. The molecule has 0 aromatic heterocycles.